The number of benzene rings is 1. The number of carbonyl (C=O) groups excluding carboxylic acids is 1. The highest BCUT2D eigenvalue weighted by molar-refractivity contribution is 6.38. The number of aliphatic imine (C=N–C) groups is 1. The van der Waals surface area contributed by atoms with Crippen molar-refractivity contribution < 1.29 is 4.79 Å². The molecule has 0 atom stereocenters. The first-order chi connectivity index (χ1) is 6.86. The lowest BCUT2D eigenvalue weighted by atomic mass is 10.0. The third-order valence-corrected chi connectivity index (χ3v) is 2.47. The van der Waals surface area contributed by atoms with E-state index in [9.17, 15) is 4.79 Å². The van der Waals surface area contributed by atoms with Crippen LogP contribution in [0.4, 0.5) is 0 Å². The van der Waals surface area contributed by atoms with Crippen LogP contribution in [-0.2, 0) is 4.79 Å². The van der Waals surface area contributed by atoms with Crippen LogP contribution in [0.5, 0.6) is 0 Å². The topological polar surface area (TPSA) is 29.4 Å². The summed E-state index contributed by atoms with van der Waals surface area (Å²) in [5.74, 6) is 0.0474. The number of ketones is 1. The first-order valence-corrected chi connectivity index (χ1v) is 4.46. The summed E-state index contributed by atoms with van der Waals surface area (Å²) in [6.45, 7) is 0. The van der Waals surface area contributed by atoms with Crippen molar-refractivity contribution in [2.75, 3.05) is 0 Å². The molecular weight excluding hydrogens is 174 g/mol. The highest BCUT2D eigenvalue weighted by Crippen LogP contribution is 2.27. The Kier molecular flexibility index (Phi) is 1.34. The van der Waals surface area contributed by atoms with Crippen LogP contribution in [0.2, 0.25) is 0 Å². The van der Waals surface area contributed by atoms with Crippen molar-refractivity contribution in [2.45, 2.75) is 0 Å². The Labute approximate surface area is 81.3 Å². The lowest BCUT2D eigenvalue weighted by Gasteiger charge is -2.05. The second kappa shape index (κ2) is 2.51. The zero-order chi connectivity index (χ0) is 9.54. The molecule has 0 fully saturated rings. The summed E-state index contributed by atoms with van der Waals surface area (Å²) in [6.07, 6.45) is 4.97. The van der Waals surface area contributed by atoms with E-state index in [1.807, 2.05) is 30.3 Å². The van der Waals surface area contributed by atoms with E-state index in [2.05, 4.69) is 4.99 Å². The average molecular weight is 181 g/mol. The molecule has 3 rings (SSSR count). The van der Waals surface area contributed by atoms with Crippen LogP contribution in [0.1, 0.15) is 11.1 Å². The standard InChI is InChI=1S/C12H7NO/c14-11-5-6-13-12-9-4-2-1-3-8(9)7-10(11)12/h1-7H. The normalized spacial score (nSPS) is 17.3. The summed E-state index contributed by atoms with van der Waals surface area (Å²) >= 11 is 0. The van der Waals surface area contributed by atoms with Crippen LogP contribution >= 0.6 is 0 Å². The Morgan fingerprint density at radius 2 is 2.00 bits per heavy atom. The molecule has 0 spiro atoms. The number of hydrogen-bond donors (Lipinski definition) is 0. The highest BCUT2D eigenvalue weighted by atomic mass is 16.1. The van der Waals surface area contributed by atoms with Gasteiger partial charge >= 0.3 is 0 Å². The second-order valence-electron chi connectivity index (χ2n) is 3.30. The molecule has 0 radical (unpaired) electrons. The third-order valence-electron chi connectivity index (χ3n) is 2.47. The van der Waals surface area contributed by atoms with E-state index in [1.165, 1.54) is 6.08 Å². The number of carbonyl (C=O) groups is 1. The van der Waals surface area contributed by atoms with Gasteiger partial charge in [-0.25, -0.2) is 0 Å². The van der Waals surface area contributed by atoms with Gasteiger partial charge in [-0.05, 0) is 11.6 Å². The summed E-state index contributed by atoms with van der Waals surface area (Å²) in [7, 11) is 0. The molecule has 1 aromatic rings. The highest BCUT2D eigenvalue weighted by Gasteiger charge is 2.25. The SMILES string of the molecule is O=C1C=CN=C2C1=Cc1ccccc12. The van der Waals surface area contributed by atoms with Crippen molar-refractivity contribution >= 4 is 17.6 Å². The molecule has 0 N–H and O–H groups in total. The van der Waals surface area contributed by atoms with Gasteiger partial charge in [-0.2, -0.15) is 0 Å². The molecule has 2 heteroatoms. The van der Waals surface area contributed by atoms with Crippen molar-refractivity contribution in [1.29, 1.82) is 0 Å². The predicted molar refractivity (Wildman–Crippen MR) is 55.1 cm³/mol. The van der Waals surface area contributed by atoms with E-state index < -0.39 is 0 Å². The monoisotopic (exact) mass is 181 g/mol. The minimum atomic E-state index is 0.0474. The van der Waals surface area contributed by atoms with Gasteiger partial charge in [0.2, 0.25) is 0 Å². The molecule has 2 nitrogen and oxygen atoms in total. The third kappa shape index (κ3) is 0.852. The van der Waals surface area contributed by atoms with Gasteiger partial charge in [-0.3, -0.25) is 9.79 Å². The fraction of sp³-hybridized carbons (Fsp3) is 0. The average Bonchev–Trinajstić information content (AvgIpc) is 2.59. The molecule has 0 bridgehead atoms. The number of hydrogen-bond acceptors (Lipinski definition) is 2. The molecule has 1 heterocycles. The van der Waals surface area contributed by atoms with Gasteiger partial charge in [0.15, 0.2) is 5.78 Å². The molecule has 0 unspecified atom stereocenters. The summed E-state index contributed by atoms with van der Waals surface area (Å²) < 4.78 is 0. The maximum atomic E-state index is 11.5. The van der Waals surface area contributed by atoms with Gasteiger partial charge in [-0.15, -0.1) is 0 Å². The molecular formula is C12H7NO. The van der Waals surface area contributed by atoms with Crippen molar-refractivity contribution in [2.24, 2.45) is 4.99 Å². The van der Waals surface area contributed by atoms with Crippen molar-refractivity contribution in [3.8, 4) is 0 Å². The lowest BCUT2D eigenvalue weighted by Crippen LogP contribution is -2.11. The molecule has 2 aliphatic rings. The van der Waals surface area contributed by atoms with Crippen LogP contribution in [0.15, 0.2) is 47.1 Å². The van der Waals surface area contributed by atoms with Crippen LogP contribution in [0.3, 0.4) is 0 Å². The predicted octanol–water partition coefficient (Wildman–Crippen LogP) is 1.97. The number of rotatable bonds is 0. The van der Waals surface area contributed by atoms with Gasteiger partial charge in [0.1, 0.15) is 0 Å². The zero-order valence-electron chi connectivity index (χ0n) is 7.40. The quantitative estimate of drug-likeness (QED) is 0.601. The maximum Gasteiger partial charge on any atom is 0.189 e. The molecule has 1 aliphatic carbocycles. The van der Waals surface area contributed by atoms with E-state index in [-0.39, 0.29) is 5.78 Å². The Morgan fingerprint density at radius 1 is 1.14 bits per heavy atom. The van der Waals surface area contributed by atoms with Crippen molar-refractivity contribution in [3.05, 3.63) is 53.2 Å². The summed E-state index contributed by atoms with van der Waals surface area (Å²) in [5.41, 5.74) is 3.67. The Balaban J connectivity index is 2.29. The lowest BCUT2D eigenvalue weighted by molar-refractivity contribution is -0.110. The van der Waals surface area contributed by atoms with Crippen molar-refractivity contribution in [3.63, 3.8) is 0 Å². The number of fused-ring (bicyclic) bond motifs is 3. The molecule has 14 heavy (non-hydrogen) atoms. The van der Waals surface area contributed by atoms with E-state index >= 15 is 0 Å². The fourth-order valence-electron chi connectivity index (χ4n) is 1.80. The number of nitrogens with zero attached hydrogens (tertiary/aromatic N) is 1. The van der Waals surface area contributed by atoms with E-state index in [0.29, 0.717) is 5.57 Å². The van der Waals surface area contributed by atoms with Crippen LogP contribution in [0.25, 0.3) is 6.08 Å². The maximum absolute atomic E-state index is 11.5. The molecule has 0 amide bonds. The van der Waals surface area contributed by atoms with Gasteiger partial charge < -0.3 is 0 Å². The zero-order valence-corrected chi connectivity index (χ0v) is 7.40. The minimum absolute atomic E-state index is 0.0474. The van der Waals surface area contributed by atoms with Crippen LogP contribution in [0, 0.1) is 0 Å². The molecule has 1 aromatic carbocycles. The van der Waals surface area contributed by atoms with E-state index in [4.69, 9.17) is 0 Å². The Morgan fingerprint density at radius 3 is 2.93 bits per heavy atom. The van der Waals surface area contributed by atoms with Gasteiger partial charge in [0, 0.05) is 23.4 Å². The molecule has 0 saturated carbocycles. The molecule has 66 valence electrons. The van der Waals surface area contributed by atoms with Crippen LogP contribution in [-0.4, -0.2) is 11.5 Å². The van der Waals surface area contributed by atoms with E-state index in [1.54, 1.807) is 6.20 Å². The van der Waals surface area contributed by atoms with Gasteiger partial charge in [-0.1, -0.05) is 24.3 Å². The van der Waals surface area contributed by atoms with Gasteiger partial charge in [0.05, 0.1) is 5.71 Å². The largest absolute Gasteiger partial charge is 0.289 e. The molecule has 1 aliphatic heterocycles. The Bertz CT molecular complexity index is 521. The summed E-state index contributed by atoms with van der Waals surface area (Å²) in [5, 5.41) is 0. The summed E-state index contributed by atoms with van der Waals surface area (Å²) in [4.78, 5) is 15.7. The Hall–Kier alpha value is -1.96. The first-order valence-electron chi connectivity index (χ1n) is 4.46. The van der Waals surface area contributed by atoms with Crippen molar-refractivity contribution in [1.82, 2.24) is 0 Å². The fourth-order valence-corrected chi connectivity index (χ4v) is 1.80. The molecule has 0 aromatic heterocycles. The minimum Gasteiger partial charge on any atom is -0.289 e. The second-order valence-corrected chi connectivity index (χ2v) is 3.30. The smallest absolute Gasteiger partial charge is 0.189 e. The molecule has 0 saturated heterocycles. The summed E-state index contributed by atoms with van der Waals surface area (Å²) in [6, 6.07) is 7.91. The first kappa shape index (κ1) is 7.44. The van der Waals surface area contributed by atoms with Gasteiger partial charge in [0.25, 0.3) is 0 Å². The van der Waals surface area contributed by atoms with E-state index in [0.717, 1.165) is 16.8 Å². The number of allylic oxidation sites excluding steroid dienone is 2. The van der Waals surface area contributed by atoms with Crippen LogP contribution < -0.4 is 0 Å².